The normalized spacial score (nSPS) is 19.8. The van der Waals surface area contributed by atoms with E-state index in [-0.39, 0.29) is 0 Å². The molecule has 4 nitrogen and oxygen atoms in total. The highest BCUT2D eigenvalue weighted by Crippen LogP contribution is 2.49. The van der Waals surface area contributed by atoms with Gasteiger partial charge in [0.2, 0.25) is 0 Å². The number of amides is 2. The third-order valence-corrected chi connectivity index (χ3v) is 6.40. The number of hydrazone groups is 1. The summed E-state index contributed by atoms with van der Waals surface area (Å²) >= 11 is 4.10. The van der Waals surface area contributed by atoms with Crippen LogP contribution in [0.3, 0.4) is 0 Å². The molecule has 0 spiro atoms. The third kappa shape index (κ3) is 4.25. The molecule has 1 heterocycles. The minimum atomic E-state index is -0.603. The summed E-state index contributed by atoms with van der Waals surface area (Å²) in [6, 6.07) is -0.603. The van der Waals surface area contributed by atoms with E-state index in [1.54, 1.807) is 0 Å². The van der Waals surface area contributed by atoms with Gasteiger partial charge in [0.05, 0.1) is 4.08 Å². The number of nitrogens with zero attached hydrogens (tertiary/aromatic N) is 1. The first-order valence-corrected chi connectivity index (χ1v) is 7.41. The van der Waals surface area contributed by atoms with Crippen LogP contribution in [0.4, 0.5) is 4.79 Å². The van der Waals surface area contributed by atoms with Crippen LogP contribution in [0.2, 0.25) is 0 Å². The van der Waals surface area contributed by atoms with Crippen molar-refractivity contribution in [2.24, 2.45) is 10.8 Å². The molecule has 1 fully saturated rings. The van der Waals surface area contributed by atoms with Crippen LogP contribution < -0.4 is 11.2 Å². The van der Waals surface area contributed by atoms with Crippen LogP contribution in [0.15, 0.2) is 5.10 Å². The molecule has 1 aliphatic rings. The number of rotatable bonds is 5. The highest BCUT2D eigenvalue weighted by Gasteiger charge is 2.33. The number of primary amides is 1. The van der Waals surface area contributed by atoms with Gasteiger partial charge in [0, 0.05) is 17.2 Å². The summed E-state index contributed by atoms with van der Waals surface area (Å²) in [5, 5.41) is 3.92. The highest BCUT2D eigenvalue weighted by atomic mass is 32.2. The fourth-order valence-electron chi connectivity index (χ4n) is 1.60. The number of thioether (sulfide) groups is 2. The average molecular weight is 261 g/mol. The molecule has 1 aliphatic heterocycles. The van der Waals surface area contributed by atoms with Crippen LogP contribution >= 0.6 is 23.5 Å². The minimum Gasteiger partial charge on any atom is -0.350 e. The number of nitrogens with two attached hydrogens (primary N) is 1. The lowest BCUT2D eigenvalue weighted by molar-refractivity contribution is 0.249. The van der Waals surface area contributed by atoms with E-state index >= 15 is 0 Å². The molecule has 0 radical (unpaired) electrons. The van der Waals surface area contributed by atoms with E-state index < -0.39 is 6.03 Å². The van der Waals surface area contributed by atoms with Gasteiger partial charge >= 0.3 is 6.03 Å². The van der Waals surface area contributed by atoms with Crippen LogP contribution in [-0.2, 0) is 0 Å². The molecule has 0 aromatic carbocycles. The number of carbonyl (C=O) groups excluding carboxylic acids is 1. The van der Waals surface area contributed by atoms with E-state index in [4.69, 9.17) is 5.73 Å². The first kappa shape index (κ1) is 13.7. The molecule has 1 saturated heterocycles. The van der Waals surface area contributed by atoms with Crippen molar-refractivity contribution in [2.75, 3.05) is 11.5 Å². The van der Waals surface area contributed by atoms with Crippen LogP contribution in [0.5, 0.6) is 0 Å². The monoisotopic (exact) mass is 261 g/mol. The van der Waals surface area contributed by atoms with Gasteiger partial charge in [0.15, 0.2) is 0 Å². The Hall–Kier alpha value is -0.360. The van der Waals surface area contributed by atoms with Gasteiger partial charge in [-0.05, 0) is 26.2 Å². The Morgan fingerprint density at radius 2 is 2.12 bits per heavy atom. The van der Waals surface area contributed by atoms with E-state index in [9.17, 15) is 4.79 Å². The maximum Gasteiger partial charge on any atom is 0.332 e. The molecule has 16 heavy (non-hydrogen) atoms. The van der Waals surface area contributed by atoms with Crippen molar-refractivity contribution < 1.29 is 4.79 Å². The molecule has 0 bridgehead atoms. The van der Waals surface area contributed by atoms with Gasteiger partial charge in [-0.3, -0.25) is 0 Å². The van der Waals surface area contributed by atoms with E-state index in [2.05, 4.69) is 41.0 Å². The average Bonchev–Trinajstić information content (AvgIpc) is 2.73. The quantitative estimate of drug-likeness (QED) is 0.590. The Balaban J connectivity index is 2.37. The summed E-state index contributed by atoms with van der Waals surface area (Å²) < 4.78 is 0.365. The molecule has 6 heteroatoms. The number of urea groups is 1. The summed E-state index contributed by atoms with van der Waals surface area (Å²) in [5.74, 6) is 2.49. The fourth-order valence-corrected chi connectivity index (χ4v) is 4.75. The summed E-state index contributed by atoms with van der Waals surface area (Å²) in [6.45, 7) is 4.16. The van der Waals surface area contributed by atoms with Crippen LogP contribution in [-0.4, -0.2) is 27.3 Å². The second-order valence-electron chi connectivity index (χ2n) is 3.78. The highest BCUT2D eigenvalue weighted by molar-refractivity contribution is 8.21. The second kappa shape index (κ2) is 6.39. The summed E-state index contributed by atoms with van der Waals surface area (Å²) in [5.41, 5.74) is 8.14. The van der Waals surface area contributed by atoms with Gasteiger partial charge in [0.1, 0.15) is 0 Å². The molecule has 2 amide bonds. The Labute approximate surface area is 105 Å². The topological polar surface area (TPSA) is 67.5 Å². The second-order valence-corrected chi connectivity index (χ2v) is 7.00. The van der Waals surface area contributed by atoms with E-state index in [0.29, 0.717) is 4.08 Å². The molecule has 92 valence electrons. The molecule has 0 saturated carbocycles. The summed E-state index contributed by atoms with van der Waals surface area (Å²) in [6.07, 6.45) is 3.20. The van der Waals surface area contributed by atoms with Gasteiger partial charge in [-0.1, -0.05) is 6.92 Å². The molecule has 0 aliphatic carbocycles. The standard InChI is InChI=1S/C10H19N3OS2/c1-3-10(15-6-7-16-10)5-4-8(2)12-13-9(11)14/h3-7H2,1-2H3,(H3,11,13,14)/b12-8+. The zero-order chi connectivity index (χ0) is 12.0. The van der Waals surface area contributed by atoms with Crippen molar-refractivity contribution >= 4 is 35.3 Å². The maximum atomic E-state index is 10.5. The Bertz CT molecular complexity index is 275. The first-order chi connectivity index (χ1) is 7.58. The maximum absolute atomic E-state index is 10.5. The number of hydrogen-bond donors (Lipinski definition) is 2. The van der Waals surface area contributed by atoms with Crippen molar-refractivity contribution in [2.45, 2.75) is 37.2 Å². The molecule has 0 aromatic rings. The van der Waals surface area contributed by atoms with Crippen molar-refractivity contribution in [3.63, 3.8) is 0 Å². The van der Waals surface area contributed by atoms with Gasteiger partial charge in [0.25, 0.3) is 0 Å². The lowest BCUT2D eigenvalue weighted by atomic mass is 10.1. The van der Waals surface area contributed by atoms with Crippen LogP contribution in [0, 0.1) is 0 Å². The Morgan fingerprint density at radius 3 is 2.62 bits per heavy atom. The summed E-state index contributed by atoms with van der Waals surface area (Å²) in [4.78, 5) is 10.5. The molecule has 3 N–H and O–H groups in total. The number of nitrogens with one attached hydrogen (secondary N) is 1. The van der Waals surface area contributed by atoms with Crippen molar-refractivity contribution in [3.8, 4) is 0 Å². The van der Waals surface area contributed by atoms with Crippen LogP contribution in [0.1, 0.15) is 33.1 Å². The predicted molar refractivity (Wildman–Crippen MR) is 73.0 cm³/mol. The molecular formula is C10H19N3OS2. The lowest BCUT2D eigenvalue weighted by Crippen LogP contribution is -2.25. The summed E-state index contributed by atoms with van der Waals surface area (Å²) in [7, 11) is 0. The van der Waals surface area contributed by atoms with Crippen molar-refractivity contribution in [1.29, 1.82) is 0 Å². The Morgan fingerprint density at radius 1 is 1.50 bits per heavy atom. The van der Waals surface area contributed by atoms with Crippen molar-refractivity contribution in [1.82, 2.24) is 5.43 Å². The SMILES string of the molecule is CCC1(CC/C(C)=N/NC(N)=O)SCCS1. The third-order valence-electron chi connectivity index (χ3n) is 2.58. The lowest BCUT2D eigenvalue weighted by Gasteiger charge is -2.25. The number of hydrogen-bond acceptors (Lipinski definition) is 4. The van der Waals surface area contributed by atoms with Gasteiger partial charge < -0.3 is 5.73 Å². The molecule has 0 atom stereocenters. The Kier molecular flexibility index (Phi) is 5.48. The molecular weight excluding hydrogens is 242 g/mol. The largest absolute Gasteiger partial charge is 0.350 e. The molecule has 0 aromatic heterocycles. The smallest absolute Gasteiger partial charge is 0.332 e. The van der Waals surface area contributed by atoms with Gasteiger partial charge in [-0.2, -0.15) is 5.10 Å². The fraction of sp³-hybridized carbons (Fsp3) is 0.800. The van der Waals surface area contributed by atoms with E-state index in [1.165, 1.54) is 17.9 Å². The van der Waals surface area contributed by atoms with Gasteiger partial charge in [-0.15, -0.1) is 23.5 Å². The van der Waals surface area contributed by atoms with Crippen LogP contribution in [0.25, 0.3) is 0 Å². The zero-order valence-corrected chi connectivity index (χ0v) is 11.4. The van der Waals surface area contributed by atoms with Gasteiger partial charge in [-0.25, -0.2) is 10.2 Å². The number of carbonyl (C=O) groups is 1. The van der Waals surface area contributed by atoms with E-state index in [0.717, 1.165) is 18.6 Å². The minimum absolute atomic E-state index is 0.365. The molecule has 0 unspecified atom stereocenters. The molecule has 1 rings (SSSR count). The van der Waals surface area contributed by atoms with Crippen molar-refractivity contribution in [3.05, 3.63) is 0 Å². The zero-order valence-electron chi connectivity index (χ0n) is 9.78. The first-order valence-electron chi connectivity index (χ1n) is 5.44. The predicted octanol–water partition coefficient (Wildman–Crippen LogP) is 2.40. The van der Waals surface area contributed by atoms with E-state index in [1.807, 2.05) is 6.92 Å².